The summed E-state index contributed by atoms with van der Waals surface area (Å²) in [4.78, 5) is 31.7. The molecule has 3 N–H and O–H groups in total. The Morgan fingerprint density at radius 3 is 1.35 bits per heavy atom. The Morgan fingerprint density at radius 2 is 0.968 bits per heavy atom. The number of carbonyl (C=O) groups excluding carboxylic acids is 2. The Bertz CT molecular complexity index is 2270. The largest absolute Gasteiger partial charge is 0.444 e. The minimum Gasteiger partial charge on any atom is -0.444 e. The number of nitrogens with two attached hydrogens (primary N) is 1. The molecule has 3 heterocycles. The van der Waals surface area contributed by atoms with Gasteiger partial charge in [-0.2, -0.15) is 0 Å². The van der Waals surface area contributed by atoms with Gasteiger partial charge in [-0.3, -0.25) is 4.79 Å². The van der Waals surface area contributed by atoms with Crippen LogP contribution in [0.5, 0.6) is 0 Å². The summed E-state index contributed by atoms with van der Waals surface area (Å²) in [6.07, 6.45) is 14.4. The van der Waals surface area contributed by atoms with Gasteiger partial charge in [-0.25, -0.2) is 4.79 Å². The number of piperidine rings is 3. The monoisotopic (exact) mass is 844 g/mol. The first-order chi connectivity index (χ1) is 30.6. The minimum absolute atomic E-state index is 0.0367. The van der Waals surface area contributed by atoms with Gasteiger partial charge in [0.05, 0.1) is 0 Å². The van der Waals surface area contributed by atoms with Gasteiger partial charge in [-0.05, 0) is 115 Å². The van der Waals surface area contributed by atoms with E-state index < -0.39 is 5.60 Å². The maximum absolute atomic E-state index is 12.8. The van der Waals surface area contributed by atoms with Crippen molar-refractivity contribution in [3.05, 3.63) is 153 Å². The van der Waals surface area contributed by atoms with Crippen LogP contribution in [-0.2, 0) is 9.53 Å². The number of ether oxygens (including phenoxy) is 1. The van der Waals surface area contributed by atoms with Gasteiger partial charge in [0, 0.05) is 71.4 Å². The van der Waals surface area contributed by atoms with Gasteiger partial charge >= 0.3 is 6.09 Å². The molecule has 2 aliphatic carbocycles. The molecule has 3 aliphatic heterocycles. The molecule has 2 amide bonds. The van der Waals surface area contributed by atoms with E-state index in [2.05, 4.69) is 136 Å². The highest BCUT2D eigenvalue weighted by Gasteiger charge is 2.30. The lowest BCUT2D eigenvalue weighted by molar-refractivity contribution is -0.126. The standard InChI is InChI=1S/C33H41N3O3.C22H24N2/c1-33(2,3)39-32(38)36-21-16-27(17-22-36)31(37)34-18-23-35-19-14-26(15-20-35)30-28-10-6-4-8-24(28)12-13-25-9-5-7-11-29(25)30;23-13-16-24-14-11-19(12-15-24)22-20-7-3-1-5-17(20)9-10-18-6-2-4-8-21(18)22/h4-13,27H,14-23H2,1-3H3,(H,34,37);1-10H,11-16,23H2. The molecule has 8 heteroatoms. The van der Waals surface area contributed by atoms with Crippen LogP contribution in [0.25, 0.3) is 35.5 Å². The van der Waals surface area contributed by atoms with Gasteiger partial charge in [0.1, 0.15) is 5.60 Å². The summed E-state index contributed by atoms with van der Waals surface area (Å²) in [6.45, 7) is 14.3. The average molecular weight is 844 g/mol. The number of nitrogens with zero attached hydrogens (tertiary/aromatic N) is 3. The molecule has 9 rings (SSSR count). The summed E-state index contributed by atoms with van der Waals surface area (Å²) >= 11 is 0. The van der Waals surface area contributed by atoms with E-state index in [1.165, 1.54) is 61.2 Å². The molecule has 0 spiro atoms. The molecule has 3 saturated heterocycles. The summed E-state index contributed by atoms with van der Waals surface area (Å²) in [5, 5.41) is 3.16. The molecule has 3 fully saturated rings. The zero-order valence-corrected chi connectivity index (χ0v) is 37.6. The molecule has 5 aliphatic rings. The summed E-state index contributed by atoms with van der Waals surface area (Å²) in [6, 6.07) is 35.0. The van der Waals surface area contributed by atoms with Crippen molar-refractivity contribution >= 4 is 47.5 Å². The van der Waals surface area contributed by atoms with Crippen molar-refractivity contribution in [2.24, 2.45) is 11.7 Å². The fourth-order valence-corrected chi connectivity index (χ4v) is 9.80. The number of likely N-dealkylation sites (tertiary alicyclic amines) is 3. The summed E-state index contributed by atoms with van der Waals surface area (Å²) in [7, 11) is 0. The van der Waals surface area contributed by atoms with E-state index in [0.717, 1.165) is 71.5 Å². The summed E-state index contributed by atoms with van der Waals surface area (Å²) in [5.41, 5.74) is 21.8. The topological polar surface area (TPSA) is 91.1 Å². The van der Waals surface area contributed by atoms with Crippen molar-refractivity contribution in [3.63, 3.8) is 0 Å². The van der Waals surface area contributed by atoms with E-state index in [4.69, 9.17) is 10.5 Å². The number of hydrogen-bond acceptors (Lipinski definition) is 6. The highest BCUT2D eigenvalue weighted by Crippen LogP contribution is 2.40. The number of carbonyl (C=O) groups is 2. The van der Waals surface area contributed by atoms with Crippen molar-refractivity contribution in [2.75, 3.05) is 65.4 Å². The van der Waals surface area contributed by atoms with E-state index >= 15 is 0 Å². The van der Waals surface area contributed by atoms with E-state index in [9.17, 15) is 9.59 Å². The fraction of sp³-hybridized carbons (Fsp3) is 0.382. The normalized spacial score (nSPS) is 17.9. The highest BCUT2D eigenvalue weighted by molar-refractivity contribution is 5.96. The van der Waals surface area contributed by atoms with E-state index in [-0.39, 0.29) is 17.9 Å². The Kier molecular flexibility index (Phi) is 14.2. The molecular weight excluding hydrogens is 779 g/mol. The molecule has 8 nitrogen and oxygen atoms in total. The van der Waals surface area contributed by atoms with Crippen molar-refractivity contribution < 1.29 is 14.3 Å². The fourth-order valence-electron chi connectivity index (χ4n) is 9.80. The number of hydrogen-bond donors (Lipinski definition) is 2. The molecule has 0 saturated carbocycles. The van der Waals surface area contributed by atoms with Gasteiger partial charge < -0.3 is 30.5 Å². The van der Waals surface area contributed by atoms with Crippen molar-refractivity contribution in [1.29, 1.82) is 0 Å². The summed E-state index contributed by atoms with van der Waals surface area (Å²) in [5.74, 6) is 0.0724. The number of nitrogens with one attached hydrogen (secondary N) is 1. The third-order valence-corrected chi connectivity index (χ3v) is 13.1. The van der Waals surface area contributed by atoms with E-state index in [0.29, 0.717) is 32.5 Å². The molecule has 0 bridgehead atoms. The first-order valence-electron chi connectivity index (χ1n) is 23.2. The van der Waals surface area contributed by atoms with Crippen LogP contribution in [0.1, 0.15) is 104 Å². The van der Waals surface area contributed by atoms with Gasteiger partial charge in [-0.15, -0.1) is 0 Å². The molecular formula is C55H65N5O3. The van der Waals surface area contributed by atoms with Crippen LogP contribution >= 0.6 is 0 Å². The van der Waals surface area contributed by atoms with Crippen molar-refractivity contribution in [3.8, 4) is 0 Å². The Morgan fingerprint density at radius 1 is 0.587 bits per heavy atom. The van der Waals surface area contributed by atoms with Gasteiger partial charge in [-0.1, -0.05) is 133 Å². The van der Waals surface area contributed by atoms with Crippen LogP contribution in [0, 0.1) is 5.92 Å². The molecule has 328 valence electrons. The maximum atomic E-state index is 12.8. The quantitative estimate of drug-likeness (QED) is 0.174. The Labute approximate surface area is 375 Å². The second kappa shape index (κ2) is 20.3. The number of rotatable bonds is 6. The SMILES string of the molecule is CC(C)(C)OC(=O)N1CCC(C(=O)NCCN2CCC(=C3c4ccccc4C=Cc4ccccc43)CC2)CC1.NCCN1CCC(=C2c3ccccc3C=Cc3ccccc32)CC1. The van der Waals surface area contributed by atoms with Crippen LogP contribution < -0.4 is 11.1 Å². The lowest BCUT2D eigenvalue weighted by Crippen LogP contribution is -2.46. The zero-order valence-electron chi connectivity index (χ0n) is 37.6. The molecule has 0 radical (unpaired) electrons. The predicted molar refractivity (Wildman–Crippen MR) is 260 cm³/mol. The lowest BCUT2D eigenvalue weighted by atomic mass is 9.86. The Balaban J connectivity index is 0.000000193. The molecule has 4 aromatic rings. The first-order valence-corrected chi connectivity index (χ1v) is 23.2. The molecule has 4 aromatic carbocycles. The minimum atomic E-state index is -0.501. The van der Waals surface area contributed by atoms with Crippen LogP contribution in [0.4, 0.5) is 4.79 Å². The summed E-state index contributed by atoms with van der Waals surface area (Å²) < 4.78 is 5.47. The lowest BCUT2D eigenvalue weighted by Gasteiger charge is -2.33. The third kappa shape index (κ3) is 10.8. The smallest absolute Gasteiger partial charge is 0.410 e. The molecule has 0 atom stereocenters. The molecule has 0 aromatic heterocycles. The van der Waals surface area contributed by atoms with Gasteiger partial charge in [0.25, 0.3) is 0 Å². The number of fused-ring (bicyclic) bond motifs is 4. The second-order valence-electron chi connectivity index (χ2n) is 18.5. The second-order valence-corrected chi connectivity index (χ2v) is 18.5. The molecule has 63 heavy (non-hydrogen) atoms. The first kappa shape index (κ1) is 44.1. The zero-order chi connectivity index (χ0) is 43.8. The highest BCUT2D eigenvalue weighted by atomic mass is 16.6. The third-order valence-electron chi connectivity index (χ3n) is 13.1. The van der Waals surface area contributed by atoms with Crippen LogP contribution in [-0.4, -0.2) is 97.7 Å². The maximum Gasteiger partial charge on any atom is 0.410 e. The van der Waals surface area contributed by atoms with Crippen LogP contribution in [0.15, 0.2) is 108 Å². The van der Waals surface area contributed by atoms with Crippen LogP contribution in [0.2, 0.25) is 0 Å². The van der Waals surface area contributed by atoms with E-state index in [1.807, 2.05) is 20.8 Å². The van der Waals surface area contributed by atoms with Crippen molar-refractivity contribution in [2.45, 2.75) is 64.9 Å². The predicted octanol–water partition coefficient (Wildman–Crippen LogP) is 9.86. The van der Waals surface area contributed by atoms with Gasteiger partial charge in [0.15, 0.2) is 0 Å². The van der Waals surface area contributed by atoms with E-state index in [1.54, 1.807) is 10.5 Å². The Hall–Kier alpha value is -5.54. The molecule has 0 unspecified atom stereocenters. The van der Waals surface area contributed by atoms with Crippen LogP contribution in [0.3, 0.4) is 0 Å². The average Bonchev–Trinajstić information content (AvgIpc) is 3.58. The number of amides is 2. The number of benzene rings is 4. The van der Waals surface area contributed by atoms with Gasteiger partial charge in [0.2, 0.25) is 5.91 Å². The van der Waals surface area contributed by atoms with Crippen molar-refractivity contribution in [1.82, 2.24) is 20.0 Å².